The van der Waals surface area contributed by atoms with E-state index in [4.69, 9.17) is 0 Å². The Morgan fingerprint density at radius 3 is 1.71 bits per heavy atom. The lowest BCUT2D eigenvalue weighted by Gasteiger charge is -2.05. The number of carbonyl (C=O) groups is 2. The van der Waals surface area contributed by atoms with E-state index in [1.54, 1.807) is 0 Å². The van der Waals surface area contributed by atoms with Crippen molar-refractivity contribution >= 4 is 11.9 Å². The lowest BCUT2D eigenvalue weighted by Crippen LogP contribution is -2.19. The Hall–Kier alpha value is -2.90. The Labute approximate surface area is 117 Å². The monoisotopic (exact) mass is 294 g/mol. The standard InChI is InChI=1S/C13H8F2N2O4/c14-8-3-1-5-16-12(8)20-10(18)7-11(19)21-13-9(15)4-2-6-17-13/h1-6H,7H2. The summed E-state index contributed by atoms with van der Waals surface area (Å²) in [6.07, 6.45) is 1.59. The van der Waals surface area contributed by atoms with E-state index in [-0.39, 0.29) is 0 Å². The fraction of sp³-hybridized carbons (Fsp3) is 0.0769. The molecule has 0 aliphatic rings. The van der Waals surface area contributed by atoms with E-state index >= 15 is 0 Å². The second-order valence-corrected chi connectivity index (χ2v) is 3.71. The molecule has 21 heavy (non-hydrogen) atoms. The molecule has 0 atom stereocenters. The molecular weight excluding hydrogens is 286 g/mol. The van der Waals surface area contributed by atoms with E-state index < -0.39 is 41.8 Å². The molecule has 2 heterocycles. The minimum absolute atomic E-state index is 0.556. The first-order valence-electron chi connectivity index (χ1n) is 5.68. The first kappa shape index (κ1) is 14.5. The highest BCUT2D eigenvalue weighted by Gasteiger charge is 2.18. The van der Waals surface area contributed by atoms with E-state index in [2.05, 4.69) is 19.4 Å². The van der Waals surface area contributed by atoms with Gasteiger partial charge in [-0.25, -0.2) is 18.7 Å². The largest absolute Gasteiger partial charge is 0.404 e. The van der Waals surface area contributed by atoms with Crippen LogP contribution >= 0.6 is 0 Å². The van der Waals surface area contributed by atoms with Crippen molar-refractivity contribution in [1.82, 2.24) is 9.97 Å². The van der Waals surface area contributed by atoms with Gasteiger partial charge in [-0.3, -0.25) is 9.59 Å². The number of carbonyl (C=O) groups excluding carboxylic acids is 2. The summed E-state index contributed by atoms with van der Waals surface area (Å²) in [5, 5.41) is 0. The molecule has 2 aromatic heterocycles. The number of aromatic nitrogens is 2. The van der Waals surface area contributed by atoms with Gasteiger partial charge in [0.15, 0.2) is 11.6 Å². The van der Waals surface area contributed by atoms with Gasteiger partial charge < -0.3 is 9.47 Å². The Morgan fingerprint density at radius 2 is 1.33 bits per heavy atom. The summed E-state index contributed by atoms with van der Waals surface area (Å²) < 4.78 is 35.4. The minimum Gasteiger partial charge on any atom is -0.404 e. The van der Waals surface area contributed by atoms with Crippen molar-refractivity contribution in [3.05, 3.63) is 48.3 Å². The van der Waals surface area contributed by atoms with Gasteiger partial charge in [0.25, 0.3) is 11.8 Å². The normalized spacial score (nSPS) is 10.0. The predicted octanol–water partition coefficient (Wildman–Crippen LogP) is 1.66. The van der Waals surface area contributed by atoms with Crippen LogP contribution in [0.3, 0.4) is 0 Å². The van der Waals surface area contributed by atoms with Crippen LogP contribution in [0.4, 0.5) is 8.78 Å². The number of pyridine rings is 2. The van der Waals surface area contributed by atoms with Gasteiger partial charge in [-0.05, 0) is 24.3 Å². The van der Waals surface area contributed by atoms with Gasteiger partial charge in [0.05, 0.1) is 0 Å². The van der Waals surface area contributed by atoms with Crippen LogP contribution < -0.4 is 9.47 Å². The molecule has 0 aromatic carbocycles. The molecule has 0 aliphatic carbocycles. The third-order valence-corrected chi connectivity index (χ3v) is 2.16. The molecule has 0 aliphatic heterocycles. The van der Waals surface area contributed by atoms with E-state index in [0.717, 1.165) is 12.1 Å². The molecular formula is C13H8F2N2O4. The highest BCUT2D eigenvalue weighted by Crippen LogP contribution is 2.14. The highest BCUT2D eigenvalue weighted by molar-refractivity contribution is 5.92. The summed E-state index contributed by atoms with van der Waals surface area (Å²) in [6, 6.07) is 4.70. The molecule has 0 unspecified atom stereocenters. The maximum atomic E-state index is 13.2. The van der Waals surface area contributed by atoms with Crippen molar-refractivity contribution in [3.63, 3.8) is 0 Å². The van der Waals surface area contributed by atoms with Gasteiger partial charge in [0.2, 0.25) is 0 Å². The Bertz CT molecular complexity index is 621. The van der Waals surface area contributed by atoms with Gasteiger partial charge in [-0.15, -0.1) is 0 Å². The third kappa shape index (κ3) is 4.03. The average Bonchev–Trinajstić information content (AvgIpc) is 2.44. The van der Waals surface area contributed by atoms with E-state index in [0.29, 0.717) is 0 Å². The van der Waals surface area contributed by atoms with Crippen molar-refractivity contribution < 1.29 is 27.8 Å². The molecule has 0 saturated heterocycles. The van der Waals surface area contributed by atoms with Gasteiger partial charge >= 0.3 is 11.9 Å². The highest BCUT2D eigenvalue weighted by atomic mass is 19.1. The zero-order valence-corrected chi connectivity index (χ0v) is 10.5. The maximum absolute atomic E-state index is 13.2. The molecule has 2 rings (SSSR count). The van der Waals surface area contributed by atoms with Crippen molar-refractivity contribution in [2.75, 3.05) is 0 Å². The van der Waals surface area contributed by atoms with Gasteiger partial charge in [0.1, 0.15) is 6.42 Å². The van der Waals surface area contributed by atoms with Gasteiger partial charge in [-0.2, -0.15) is 0 Å². The zero-order valence-electron chi connectivity index (χ0n) is 10.5. The Morgan fingerprint density at radius 1 is 0.905 bits per heavy atom. The zero-order chi connectivity index (χ0) is 15.2. The van der Waals surface area contributed by atoms with Crippen LogP contribution in [-0.4, -0.2) is 21.9 Å². The van der Waals surface area contributed by atoms with Crippen LogP contribution in [0, 0.1) is 11.6 Å². The molecule has 108 valence electrons. The van der Waals surface area contributed by atoms with Crippen molar-refractivity contribution in [2.24, 2.45) is 0 Å². The first-order valence-corrected chi connectivity index (χ1v) is 5.68. The molecule has 0 N–H and O–H groups in total. The second kappa shape index (κ2) is 6.51. The molecule has 8 heteroatoms. The lowest BCUT2D eigenvalue weighted by atomic mass is 10.4. The number of rotatable bonds is 4. The topological polar surface area (TPSA) is 78.4 Å². The summed E-state index contributed by atoms with van der Waals surface area (Å²) >= 11 is 0. The van der Waals surface area contributed by atoms with Crippen molar-refractivity contribution in [2.45, 2.75) is 6.42 Å². The molecule has 0 bridgehead atoms. The van der Waals surface area contributed by atoms with Gasteiger partial charge in [-0.1, -0.05) is 0 Å². The summed E-state index contributed by atoms with van der Waals surface area (Å²) in [5.41, 5.74) is 0. The molecule has 0 radical (unpaired) electrons. The lowest BCUT2D eigenvalue weighted by molar-refractivity contribution is -0.144. The van der Waals surface area contributed by atoms with Crippen LogP contribution in [-0.2, 0) is 9.59 Å². The number of esters is 2. The van der Waals surface area contributed by atoms with E-state index in [1.165, 1.54) is 24.5 Å². The summed E-state index contributed by atoms with van der Waals surface area (Å²) in [5.74, 6) is -4.99. The molecule has 2 aromatic rings. The SMILES string of the molecule is O=C(CC(=O)Oc1ncccc1F)Oc1ncccc1F. The second-order valence-electron chi connectivity index (χ2n) is 3.71. The van der Waals surface area contributed by atoms with Crippen LogP contribution in [0.25, 0.3) is 0 Å². The Balaban J connectivity index is 1.93. The van der Waals surface area contributed by atoms with Crippen molar-refractivity contribution in [1.29, 1.82) is 0 Å². The predicted molar refractivity (Wildman–Crippen MR) is 64.3 cm³/mol. The maximum Gasteiger partial charge on any atom is 0.323 e. The minimum atomic E-state index is -1.09. The summed E-state index contributed by atoms with van der Waals surface area (Å²) in [6.45, 7) is 0. The Kier molecular flexibility index (Phi) is 4.50. The van der Waals surface area contributed by atoms with Crippen molar-refractivity contribution in [3.8, 4) is 11.8 Å². The number of hydrogen-bond acceptors (Lipinski definition) is 6. The summed E-state index contributed by atoms with van der Waals surface area (Å²) in [7, 11) is 0. The number of hydrogen-bond donors (Lipinski definition) is 0. The molecule has 0 fully saturated rings. The van der Waals surface area contributed by atoms with Gasteiger partial charge in [0, 0.05) is 12.4 Å². The molecule has 6 nitrogen and oxygen atoms in total. The fourth-order valence-electron chi connectivity index (χ4n) is 1.30. The first-order chi connectivity index (χ1) is 10.1. The van der Waals surface area contributed by atoms with Crippen LogP contribution in [0.15, 0.2) is 36.7 Å². The van der Waals surface area contributed by atoms with Crippen LogP contribution in [0.1, 0.15) is 6.42 Å². The summed E-state index contributed by atoms with van der Waals surface area (Å²) in [4.78, 5) is 29.8. The van der Waals surface area contributed by atoms with Crippen LogP contribution in [0.5, 0.6) is 11.8 Å². The number of ether oxygens (including phenoxy) is 2. The smallest absolute Gasteiger partial charge is 0.323 e. The molecule has 0 amide bonds. The average molecular weight is 294 g/mol. The quantitative estimate of drug-likeness (QED) is 0.630. The fourth-order valence-corrected chi connectivity index (χ4v) is 1.30. The van der Waals surface area contributed by atoms with E-state index in [9.17, 15) is 18.4 Å². The molecule has 0 saturated carbocycles. The number of halogens is 2. The van der Waals surface area contributed by atoms with Crippen LogP contribution in [0.2, 0.25) is 0 Å². The number of nitrogens with zero attached hydrogens (tertiary/aromatic N) is 2. The van der Waals surface area contributed by atoms with E-state index in [1.807, 2.05) is 0 Å². The molecule has 0 spiro atoms. The third-order valence-electron chi connectivity index (χ3n) is 2.16.